The third kappa shape index (κ3) is 3.48. The van der Waals surface area contributed by atoms with Crippen molar-refractivity contribution < 1.29 is 34.2 Å². The fraction of sp³-hybridized carbons (Fsp3) is 0.143. The number of hydrogen-bond acceptors (Lipinski definition) is 3. The van der Waals surface area contributed by atoms with Gasteiger partial charge in [-0.05, 0) is 17.6 Å². The molecule has 10 heteroatoms. The second-order valence-electron chi connectivity index (χ2n) is 3.28. The molecular weight excluding hydrogens is 270 g/mol. The summed E-state index contributed by atoms with van der Waals surface area (Å²) in [6.45, 7) is 0. The van der Waals surface area contributed by atoms with Gasteiger partial charge in [-0.25, -0.2) is 0 Å². The molecule has 3 nitrogen and oxygen atoms in total. The SMILES string of the molecule is COc1cc(B(O)O)cc(S(F)(F)(F)(F)F)c1. The first-order chi connectivity index (χ1) is 7.33. The smallest absolute Gasteiger partial charge is 0.488 e. The number of halogens is 5. The molecule has 0 spiro atoms. The van der Waals surface area contributed by atoms with Gasteiger partial charge in [-0.1, -0.05) is 19.4 Å². The maximum Gasteiger partial charge on any atom is 0.488 e. The van der Waals surface area contributed by atoms with Crippen LogP contribution in [0, 0.1) is 0 Å². The van der Waals surface area contributed by atoms with Crippen molar-refractivity contribution in [2.75, 3.05) is 7.11 Å². The van der Waals surface area contributed by atoms with Crippen LogP contribution < -0.4 is 10.2 Å². The Morgan fingerprint density at radius 1 is 1.06 bits per heavy atom. The minimum absolute atomic E-state index is 0.0191. The van der Waals surface area contributed by atoms with E-state index >= 15 is 0 Å². The summed E-state index contributed by atoms with van der Waals surface area (Å²) >= 11 is 0. The highest BCUT2D eigenvalue weighted by molar-refractivity contribution is 8.45. The molecule has 0 heterocycles. The molecule has 1 aromatic carbocycles. The molecule has 0 aliphatic rings. The van der Waals surface area contributed by atoms with Crippen LogP contribution in [0.5, 0.6) is 5.75 Å². The molecule has 98 valence electrons. The molecule has 0 aromatic heterocycles. The summed E-state index contributed by atoms with van der Waals surface area (Å²) in [5.41, 5.74) is -0.729. The quantitative estimate of drug-likeness (QED) is 0.657. The molecule has 0 unspecified atom stereocenters. The molecule has 0 saturated carbocycles. The van der Waals surface area contributed by atoms with Gasteiger partial charge in [-0.15, -0.1) is 0 Å². The highest BCUT2D eigenvalue weighted by atomic mass is 32.5. The van der Waals surface area contributed by atoms with Crippen molar-refractivity contribution in [1.82, 2.24) is 0 Å². The molecule has 0 atom stereocenters. The number of ether oxygens (including phenoxy) is 1. The van der Waals surface area contributed by atoms with Crippen LogP contribution >= 0.6 is 10.2 Å². The van der Waals surface area contributed by atoms with Crippen LogP contribution in [0.1, 0.15) is 0 Å². The van der Waals surface area contributed by atoms with Gasteiger partial charge in [0.15, 0.2) is 0 Å². The maximum absolute atomic E-state index is 12.5. The third-order valence-corrected chi connectivity index (χ3v) is 3.01. The number of rotatable bonds is 3. The van der Waals surface area contributed by atoms with Crippen LogP contribution in [0.25, 0.3) is 0 Å². The summed E-state index contributed by atoms with van der Waals surface area (Å²) in [5, 5.41) is 17.4. The first-order valence-electron chi connectivity index (χ1n) is 4.13. The van der Waals surface area contributed by atoms with Crippen molar-refractivity contribution in [3.63, 3.8) is 0 Å². The Labute approximate surface area is 93.7 Å². The molecule has 0 fully saturated rings. The normalized spacial score (nSPS) is 16.0. The largest absolute Gasteiger partial charge is 0.497 e. The van der Waals surface area contributed by atoms with E-state index in [2.05, 4.69) is 4.74 Å². The van der Waals surface area contributed by atoms with Crippen LogP contribution in [0.3, 0.4) is 0 Å². The zero-order valence-corrected chi connectivity index (χ0v) is 9.23. The van der Waals surface area contributed by atoms with Crippen molar-refractivity contribution in [2.45, 2.75) is 4.90 Å². The highest BCUT2D eigenvalue weighted by Crippen LogP contribution is 3.02. The lowest BCUT2D eigenvalue weighted by molar-refractivity contribution is 0.361. The fourth-order valence-electron chi connectivity index (χ4n) is 1.08. The van der Waals surface area contributed by atoms with E-state index in [4.69, 9.17) is 10.0 Å². The fourth-order valence-corrected chi connectivity index (χ4v) is 1.78. The van der Waals surface area contributed by atoms with Gasteiger partial charge < -0.3 is 14.8 Å². The number of hydrogen-bond donors (Lipinski definition) is 2. The monoisotopic (exact) mass is 278 g/mol. The van der Waals surface area contributed by atoms with E-state index in [1.54, 1.807) is 0 Å². The van der Waals surface area contributed by atoms with E-state index in [0.717, 1.165) is 13.2 Å². The van der Waals surface area contributed by atoms with E-state index in [-0.39, 0.29) is 12.1 Å². The topological polar surface area (TPSA) is 49.7 Å². The second-order valence-corrected chi connectivity index (χ2v) is 5.69. The summed E-state index contributed by atoms with van der Waals surface area (Å²) in [5.74, 6) is -0.543. The van der Waals surface area contributed by atoms with Crippen molar-refractivity contribution in [2.24, 2.45) is 0 Å². The Kier molecular flexibility index (Phi) is 2.71. The highest BCUT2D eigenvalue weighted by Gasteiger charge is 2.65. The maximum atomic E-state index is 12.5. The van der Waals surface area contributed by atoms with Crippen LogP contribution in [0.15, 0.2) is 23.1 Å². The summed E-state index contributed by atoms with van der Waals surface area (Å²) in [4.78, 5) is -2.23. The summed E-state index contributed by atoms with van der Waals surface area (Å²) in [6, 6.07) is 0.903. The van der Waals surface area contributed by atoms with Crippen molar-refractivity contribution in [3.8, 4) is 5.75 Å². The first kappa shape index (κ1) is 14.1. The molecule has 0 saturated heterocycles. The second kappa shape index (κ2) is 3.27. The van der Waals surface area contributed by atoms with Crippen LogP contribution in [-0.4, -0.2) is 24.3 Å². The minimum atomic E-state index is -9.87. The molecule has 1 rings (SSSR count). The Hall–Kier alpha value is -0.995. The molecule has 0 bridgehead atoms. The van der Waals surface area contributed by atoms with Gasteiger partial charge in [-0.2, -0.15) is 0 Å². The van der Waals surface area contributed by atoms with Crippen LogP contribution in [0.4, 0.5) is 19.4 Å². The molecule has 0 radical (unpaired) electrons. The van der Waals surface area contributed by atoms with Gasteiger partial charge in [0.05, 0.1) is 7.11 Å². The zero-order chi connectivity index (χ0) is 13.5. The Morgan fingerprint density at radius 2 is 1.59 bits per heavy atom. The van der Waals surface area contributed by atoms with Gasteiger partial charge in [0.2, 0.25) is 0 Å². The van der Waals surface area contributed by atoms with Crippen LogP contribution in [-0.2, 0) is 0 Å². The number of benzene rings is 1. The standard InChI is InChI=1S/C7H8BF5O3S/c1-16-6-2-5(8(14)15)3-7(4-6)17(9,10,11,12)13/h2-4,14-15H,1H3. The Morgan fingerprint density at radius 3 is 1.94 bits per heavy atom. The van der Waals surface area contributed by atoms with E-state index in [0.29, 0.717) is 0 Å². The summed E-state index contributed by atoms with van der Waals surface area (Å²) < 4.78 is 66.8. The van der Waals surface area contributed by atoms with E-state index in [1.165, 1.54) is 0 Å². The molecule has 1 aromatic rings. The molecular formula is C7H8BF5O3S. The third-order valence-electron chi connectivity index (χ3n) is 1.88. The molecule has 0 aliphatic heterocycles. The molecule has 2 N–H and O–H groups in total. The van der Waals surface area contributed by atoms with Gasteiger partial charge in [-0.3, -0.25) is 0 Å². The predicted molar refractivity (Wildman–Crippen MR) is 54.2 cm³/mol. The van der Waals surface area contributed by atoms with Gasteiger partial charge in [0.1, 0.15) is 10.6 Å². The lowest BCUT2D eigenvalue weighted by Gasteiger charge is -2.40. The summed E-state index contributed by atoms with van der Waals surface area (Å²) in [6.07, 6.45) is 0. The average molecular weight is 278 g/mol. The van der Waals surface area contributed by atoms with Gasteiger partial charge in [0, 0.05) is 6.07 Å². The lowest BCUT2D eigenvalue weighted by atomic mass is 9.80. The Bertz CT molecular complexity index is 446. The predicted octanol–water partition coefficient (Wildman–Crippen LogP) is 2.03. The van der Waals surface area contributed by atoms with Crippen molar-refractivity contribution in [1.29, 1.82) is 0 Å². The van der Waals surface area contributed by atoms with Crippen molar-refractivity contribution in [3.05, 3.63) is 18.2 Å². The first-order valence-corrected chi connectivity index (χ1v) is 6.08. The van der Waals surface area contributed by atoms with E-state index < -0.39 is 33.5 Å². The van der Waals surface area contributed by atoms with Gasteiger partial charge in [0.25, 0.3) is 0 Å². The lowest BCUT2D eigenvalue weighted by Crippen LogP contribution is -2.30. The minimum Gasteiger partial charge on any atom is -0.497 e. The molecule has 17 heavy (non-hydrogen) atoms. The van der Waals surface area contributed by atoms with Crippen LogP contribution in [0.2, 0.25) is 0 Å². The molecule has 0 amide bonds. The summed E-state index contributed by atoms with van der Waals surface area (Å²) in [7, 11) is -11.2. The van der Waals surface area contributed by atoms with E-state index in [9.17, 15) is 19.4 Å². The zero-order valence-electron chi connectivity index (χ0n) is 8.41. The average Bonchev–Trinajstić information content (AvgIpc) is 2.13. The van der Waals surface area contributed by atoms with Crippen molar-refractivity contribution >= 4 is 22.8 Å². The molecule has 0 aliphatic carbocycles. The van der Waals surface area contributed by atoms with E-state index in [1.807, 2.05) is 0 Å². The Balaban J connectivity index is 3.52. The van der Waals surface area contributed by atoms with Gasteiger partial charge >= 0.3 is 17.3 Å². The number of methoxy groups -OCH3 is 1.